The van der Waals surface area contributed by atoms with Gasteiger partial charge >= 0.3 is 6.61 Å². The number of rotatable bonds is 7. The van der Waals surface area contributed by atoms with Crippen molar-refractivity contribution >= 4 is 39.3 Å². The molecule has 0 spiro atoms. The zero-order chi connectivity index (χ0) is 21.0. The zero-order valence-corrected chi connectivity index (χ0v) is 17.5. The van der Waals surface area contributed by atoms with Gasteiger partial charge in [-0.1, -0.05) is 27.7 Å². The van der Waals surface area contributed by atoms with E-state index >= 15 is 0 Å². The molecule has 152 valence electrons. The second-order valence-corrected chi connectivity index (χ2v) is 7.73. The van der Waals surface area contributed by atoms with Crippen molar-refractivity contribution < 1.29 is 18.3 Å². The fraction of sp³-hybridized carbons (Fsp3) is 0.167. The van der Waals surface area contributed by atoms with E-state index < -0.39 is 6.61 Å². The van der Waals surface area contributed by atoms with E-state index in [4.69, 9.17) is 5.84 Å². The van der Waals surface area contributed by atoms with E-state index in [9.17, 15) is 13.6 Å². The minimum Gasteiger partial charge on any atom is -0.435 e. The van der Waals surface area contributed by atoms with Crippen molar-refractivity contribution in [2.24, 2.45) is 0 Å². The summed E-state index contributed by atoms with van der Waals surface area (Å²) in [7, 11) is 0. The number of aryl methyl sites for hydroxylation is 1. The predicted molar refractivity (Wildman–Crippen MR) is 110 cm³/mol. The first-order valence-electron chi connectivity index (χ1n) is 8.28. The molecule has 1 aromatic heterocycles. The van der Waals surface area contributed by atoms with Crippen LogP contribution in [0.5, 0.6) is 5.75 Å². The number of halogens is 3. The van der Waals surface area contributed by atoms with E-state index in [0.29, 0.717) is 16.5 Å². The van der Waals surface area contributed by atoms with E-state index in [1.807, 2.05) is 25.1 Å². The molecule has 0 aliphatic heterocycles. The van der Waals surface area contributed by atoms with Gasteiger partial charge in [0, 0.05) is 15.7 Å². The van der Waals surface area contributed by atoms with Gasteiger partial charge in [-0.3, -0.25) is 4.79 Å². The van der Waals surface area contributed by atoms with Crippen molar-refractivity contribution in [2.75, 3.05) is 16.9 Å². The Balaban J connectivity index is 1.62. The SMILES string of the molecule is Cc1cc(Br)ccc1NC(=O)CSc1nnc(-c2ccc(OC(F)F)cc2)n1N. The number of hydrogen-bond donors (Lipinski definition) is 2. The van der Waals surface area contributed by atoms with Crippen LogP contribution in [0.1, 0.15) is 5.56 Å². The summed E-state index contributed by atoms with van der Waals surface area (Å²) in [5, 5.41) is 11.2. The highest BCUT2D eigenvalue weighted by Gasteiger charge is 2.15. The van der Waals surface area contributed by atoms with Crippen LogP contribution in [0.2, 0.25) is 0 Å². The average molecular weight is 484 g/mol. The molecule has 0 fully saturated rings. The number of nitrogens with two attached hydrogens (primary N) is 1. The molecule has 0 saturated heterocycles. The van der Waals surface area contributed by atoms with Crippen LogP contribution in [0.4, 0.5) is 14.5 Å². The topological polar surface area (TPSA) is 95.1 Å². The van der Waals surface area contributed by atoms with Crippen molar-refractivity contribution in [3.63, 3.8) is 0 Å². The summed E-state index contributed by atoms with van der Waals surface area (Å²) in [6.07, 6.45) is 0. The van der Waals surface area contributed by atoms with Crippen molar-refractivity contribution in [3.05, 3.63) is 52.5 Å². The molecule has 1 heterocycles. The maximum absolute atomic E-state index is 12.2. The lowest BCUT2D eigenvalue weighted by Gasteiger charge is -2.08. The number of ether oxygens (including phenoxy) is 1. The Morgan fingerprint density at radius 3 is 2.66 bits per heavy atom. The van der Waals surface area contributed by atoms with Gasteiger partial charge in [0.2, 0.25) is 11.1 Å². The van der Waals surface area contributed by atoms with Gasteiger partial charge < -0.3 is 15.9 Å². The Bertz CT molecular complexity index is 1010. The predicted octanol–water partition coefficient (Wildman–Crippen LogP) is 4.06. The zero-order valence-electron chi connectivity index (χ0n) is 15.1. The van der Waals surface area contributed by atoms with Crippen LogP contribution in [0, 0.1) is 6.92 Å². The summed E-state index contributed by atoms with van der Waals surface area (Å²) in [5.74, 6) is 6.26. The summed E-state index contributed by atoms with van der Waals surface area (Å²) in [4.78, 5) is 12.2. The monoisotopic (exact) mass is 483 g/mol. The number of nitrogen functional groups attached to an aromatic ring is 1. The van der Waals surface area contributed by atoms with Crippen LogP contribution < -0.4 is 15.9 Å². The Morgan fingerprint density at radius 1 is 1.28 bits per heavy atom. The lowest BCUT2D eigenvalue weighted by molar-refractivity contribution is -0.113. The molecule has 0 aliphatic rings. The number of anilines is 1. The highest BCUT2D eigenvalue weighted by Crippen LogP contribution is 2.25. The summed E-state index contributed by atoms with van der Waals surface area (Å²) in [6.45, 7) is -0.997. The molecule has 0 aliphatic carbocycles. The van der Waals surface area contributed by atoms with Gasteiger partial charge in [-0.15, -0.1) is 10.2 Å². The first-order valence-corrected chi connectivity index (χ1v) is 10.1. The first-order chi connectivity index (χ1) is 13.8. The molecule has 3 N–H and O–H groups in total. The van der Waals surface area contributed by atoms with E-state index in [2.05, 4.69) is 36.2 Å². The molecule has 11 heteroatoms. The smallest absolute Gasteiger partial charge is 0.387 e. The number of carbonyl (C=O) groups excluding carboxylic acids is 1. The molecule has 1 amide bonds. The Kier molecular flexibility index (Phi) is 6.70. The molecule has 0 atom stereocenters. The largest absolute Gasteiger partial charge is 0.435 e. The van der Waals surface area contributed by atoms with Gasteiger partial charge in [-0.2, -0.15) is 8.78 Å². The number of nitrogens with one attached hydrogen (secondary N) is 1. The van der Waals surface area contributed by atoms with Crippen molar-refractivity contribution in [3.8, 4) is 17.1 Å². The third-order valence-electron chi connectivity index (χ3n) is 3.80. The van der Waals surface area contributed by atoms with Gasteiger partial charge in [-0.05, 0) is 55.0 Å². The fourth-order valence-electron chi connectivity index (χ4n) is 2.44. The fourth-order valence-corrected chi connectivity index (χ4v) is 3.57. The second kappa shape index (κ2) is 9.23. The number of benzene rings is 2. The number of thioether (sulfide) groups is 1. The van der Waals surface area contributed by atoms with Crippen molar-refractivity contribution in [1.29, 1.82) is 0 Å². The second-order valence-electron chi connectivity index (χ2n) is 5.88. The Morgan fingerprint density at radius 2 is 2.00 bits per heavy atom. The van der Waals surface area contributed by atoms with E-state index in [0.717, 1.165) is 27.5 Å². The van der Waals surface area contributed by atoms with Gasteiger partial charge in [0.15, 0.2) is 5.82 Å². The maximum Gasteiger partial charge on any atom is 0.387 e. The summed E-state index contributed by atoms with van der Waals surface area (Å²) in [5.41, 5.74) is 2.23. The third kappa shape index (κ3) is 5.45. The normalized spacial score (nSPS) is 10.9. The van der Waals surface area contributed by atoms with Crippen LogP contribution in [0.3, 0.4) is 0 Å². The number of carbonyl (C=O) groups is 1. The molecular weight excluding hydrogens is 468 g/mol. The van der Waals surface area contributed by atoms with Gasteiger partial charge in [0.1, 0.15) is 5.75 Å². The van der Waals surface area contributed by atoms with Gasteiger partial charge in [0.05, 0.1) is 5.75 Å². The van der Waals surface area contributed by atoms with Gasteiger partial charge in [-0.25, -0.2) is 4.68 Å². The number of amides is 1. The lowest BCUT2D eigenvalue weighted by atomic mass is 10.2. The highest BCUT2D eigenvalue weighted by atomic mass is 79.9. The minimum absolute atomic E-state index is 0.0290. The Hall–Kier alpha value is -2.66. The number of alkyl halides is 2. The van der Waals surface area contributed by atoms with Crippen LogP contribution in [0.25, 0.3) is 11.4 Å². The molecule has 0 saturated carbocycles. The number of hydrogen-bond acceptors (Lipinski definition) is 6. The van der Waals surface area contributed by atoms with Crippen molar-refractivity contribution in [2.45, 2.75) is 18.7 Å². The minimum atomic E-state index is -2.89. The van der Waals surface area contributed by atoms with Crippen LogP contribution in [-0.2, 0) is 4.79 Å². The van der Waals surface area contributed by atoms with Crippen LogP contribution in [-0.4, -0.2) is 33.1 Å². The molecule has 3 aromatic rings. The average Bonchev–Trinajstić information content (AvgIpc) is 3.03. The molecule has 2 aromatic carbocycles. The van der Waals surface area contributed by atoms with Crippen LogP contribution >= 0.6 is 27.7 Å². The molecule has 0 unspecified atom stereocenters. The molecule has 3 rings (SSSR count). The molecular formula is C18H16BrF2N5O2S. The highest BCUT2D eigenvalue weighted by molar-refractivity contribution is 9.10. The Labute approximate surface area is 177 Å². The van der Waals surface area contributed by atoms with Gasteiger partial charge in [0.25, 0.3) is 0 Å². The molecule has 29 heavy (non-hydrogen) atoms. The third-order valence-corrected chi connectivity index (χ3v) is 5.23. The summed E-state index contributed by atoms with van der Waals surface area (Å²) in [6, 6.07) is 11.4. The maximum atomic E-state index is 12.2. The van der Waals surface area contributed by atoms with Crippen LogP contribution in [0.15, 0.2) is 52.1 Å². The van der Waals surface area contributed by atoms with Crippen molar-refractivity contribution in [1.82, 2.24) is 14.9 Å². The lowest BCUT2D eigenvalue weighted by Crippen LogP contribution is -2.17. The summed E-state index contributed by atoms with van der Waals surface area (Å²) >= 11 is 4.51. The first kappa shape index (κ1) is 21.1. The standard InChI is InChI=1S/C18H16BrF2N5O2S/c1-10-8-12(19)4-7-14(10)23-15(27)9-29-18-25-24-16(26(18)22)11-2-5-13(6-3-11)28-17(20)21/h2-8,17H,9,22H2,1H3,(H,23,27). The van der Waals surface area contributed by atoms with E-state index in [1.54, 1.807) is 12.1 Å². The molecule has 0 bridgehead atoms. The molecule has 7 nitrogen and oxygen atoms in total. The quantitative estimate of drug-likeness (QED) is 0.388. The number of nitrogens with zero attached hydrogens (tertiary/aromatic N) is 3. The molecule has 0 radical (unpaired) electrons. The summed E-state index contributed by atoms with van der Waals surface area (Å²) < 4.78 is 30.9. The van der Waals surface area contributed by atoms with E-state index in [-0.39, 0.29) is 17.4 Å². The van der Waals surface area contributed by atoms with E-state index in [1.165, 1.54) is 16.8 Å². The number of aromatic nitrogens is 3.